The maximum atomic E-state index is 6.21. The van der Waals surface area contributed by atoms with Gasteiger partial charge in [-0.3, -0.25) is 4.68 Å². The second-order valence-electron chi connectivity index (χ2n) is 5.27. The smallest absolute Gasteiger partial charge is 0.0624 e. The Kier molecular flexibility index (Phi) is 5.24. The highest BCUT2D eigenvalue weighted by molar-refractivity contribution is 6.18. The van der Waals surface area contributed by atoms with Crippen LogP contribution in [0.3, 0.4) is 0 Å². The van der Waals surface area contributed by atoms with Crippen molar-refractivity contribution in [3.05, 3.63) is 52.8 Å². The summed E-state index contributed by atoms with van der Waals surface area (Å²) in [5.74, 6) is 0.989. The van der Waals surface area contributed by atoms with Crippen LogP contribution in [0.1, 0.15) is 42.3 Å². The van der Waals surface area contributed by atoms with Gasteiger partial charge >= 0.3 is 0 Å². The van der Waals surface area contributed by atoms with E-state index in [0.29, 0.717) is 11.8 Å². The lowest BCUT2D eigenvalue weighted by Gasteiger charge is -2.15. The molecule has 0 amide bonds. The number of hydrogen-bond donors (Lipinski definition) is 0. The lowest BCUT2D eigenvalue weighted by molar-refractivity contribution is 0.593. The first-order valence-corrected chi connectivity index (χ1v) is 7.89. The SMILES string of the molecule is CCc1cc(CC(CCl)c2cccc(C)c2)n(CC)n1. The summed E-state index contributed by atoms with van der Waals surface area (Å²) in [6.07, 6.45) is 1.93. The molecule has 0 N–H and O–H groups in total. The van der Waals surface area contributed by atoms with Crippen LogP contribution in [0.15, 0.2) is 30.3 Å². The van der Waals surface area contributed by atoms with E-state index >= 15 is 0 Å². The third-order valence-electron chi connectivity index (χ3n) is 3.73. The molecule has 1 unspecified atom stereocenters. The number of rotatable bonds is 6. The molecule has 1 aromatic heterocycles. The van der Waals surface area contributed by atoms with Gasteiger partial charge < -0.3 is 0 Å². The predicted octanol–water partition coefficient (Wildman–Crippen LogP) is 4.34. The van der Waals surface area contributed by atoms with E-state index < -0.39 is 0 Å². The highest BCUT2D eigenvalue weighted by atomic mass is 35.5. The van der Waals surface area contributed by atoms with Gasteiger partial charge in [-0.25, -0.2) is 0 Å². The van der Waals surface area contributed by atoms with Gasteiger partial charge in [-0.15, -0.1) is 11.6 Å². The Morgan fingerprint density at radius 2 is 2.05 bits per heavy atom. The highest BCUT2D eigenvalue weighted by Gasteiger charge is 2.15. The van der Waals surface area contributed by atoms with Crippen LogP contribution in [0.4, 0.5) is 0 Å². The van der Waals surface area contributed by atoms with Gasteiger partial charge in [0.1, 0.15) is 0 Å². The van der Waals surface area contributed by atoms with Crippen LogP contribution >= 0.6 is 11.6 Å². The molecule has 0 spiro atoms. The standard InChI is InChI=1S/C17H23ClN2/c1-4-16-11-17(20(5-2)19-16)10-15(12-18)14-8-6-7-13(3)9-14/h6-9,11,15H,4-5,10,12H2,1-3H3. The van der Waals surface area contributed by atoms with Gasteiger partial charge in [0.25, 0.3) is 0 Å². The van der Waals surface area contributed by atoms with E-state index in [1.165, 1.54) is 22.5 Å². The van der Waals surface area contributed by atoms with Gasteiger partial charge in [-0.1, -0.05) is 36.8 Å². The minimum absolute atomic E-state index is 0.350. The second-order valence-corrected chi connectivity index (χ2v) is 5.57. The Balaban J connectivity index is 2.24. The average molecular weight is 291 g/mol. The van der Waals surface area contributed by atoms with Crippen molar-refractivity contribution in [1.82, 2.24) is 9.78 Å². The van der Waals surface area contributed by atoms with E-state index in [1.807, 2.05) is 0 Å². The van der Waals surface area contributed by atoms with Gasteiger partial charge in [-0.2, -0.15) is 5.10 Å². The summed E-state index contributed by atoms with van der Waals surface area (Å²) < 4.78 is 2.11. The maximum Gasteiger partial charge on any atom is 0.0624 e. The van der Waals surface area contributed by atoms with Crippen molar-refractivity contribution in [1.29, 1.82) is 0 Å². The van der Waals surface area contributed by atoms with Crippen molar-refractivity contribution in [2.45, 2.75) is 46.1 Å². The molecule has 0 bridgehead atoms. The Hall–Kier alpha value is -1.28. The van der Waals surface area contributed by atoms with Crippen LogP contribution in [-0.4, -0.2) is 15.7 Å². The lowest BCUT2D eigenvalue weighted by Crippen LogP contribution is -2.10. The van der Waals surface area contributed by atoms with Gasteiger partial charge in [0, 0.05) is 24.0 Å². The minimum atomic E-state index is 0.350. The van der Waals surface area contributed by atoms with E-state index in [9.17, 15) is 0 Å². The molecule has 0 aliphatic carbocycles. The van der Waals surface area contributed by atoms with Crippen molar-refractivity contribution in [2.24, 2.45) is 0 Å². The normalized spacial score (nSPS) is 12.6. The van der Waals surface area contributed by atoms with Crippen LogP contribution in [0.5, 0.6) is 0 Å². The summed E-state index contributed by atoms with van der Waals surface area (Å²) in [7, 11) is 0. The first-order chi connectivity index (χ1) is 9.67. The number of halogens is 1. The van der Waals surface area contributed by atoms with Crippen LogP contribution in [-0.2, 0) is 19.4 Å². The minimum Gasteiger partial charge on any atom is -0.270 e. The van der Waals surface area contributed by atoms with Gasteiger partial charge in [-0.05, 0) is 38.3 Å². The molecule has 3 heteroatoms. The van der Waals surface area contributed by atoms with Gasteiger partial charge in [0.15, 0.2) is 0 Å². The number of alkyl halides is 1. The topological polar surface area (TPSA) is 17.8 Å². The van der Waals surface area contributed by atoms with Crippen molar-refractivity contribution in [2.75, 3.05) is 5.88 Å². The fourth-order valence-electron chi connectivity index (χ4n) is 2.56. The average Bonchev–Trinajstić information content (AvgIpc) is 2.87. The Bertz CT molecular complexity index is 560. The van der Waals surface area contributed by atoms with E-state index in [2.05, 4.69) is 60.9 Å². The molecule has 1 atom stereocenters. The van der Waals surface area contributed by atoms with E-state index in [4.69, 9.17) is 11.6 Å². The number of aromatic nitrogens is 2. The molecule has 1 aromatic carbocycles. The molecule has 108 valence electrons. The van der Waals surface area contributed by atoms with Crippen LogP contribution < -0.4 is 0 Å². The zero-order chi connectivity index (χ0) is 14.5. The van der Waals surface area contributed by atoms with E-state index in [-0.39, 0.29) is 0 Å². The Morgan fingerprint density at radius 1 is 1.25 bits per heavy atom. The summed E-state index contributed by atoms with van der Waals surface area (Å²) in [6.45, 7) is 7.32. The molecule has 0 saturated heterocycles. The fourth-order valence-corrected chi connectivity index (χ4v) is 2.85. The molecule has 0 aliphatic heterocycles. The molecule has 0 aliphatic rings. The van der Waals surface area contributed by atoms with Gasteiger partial charge in [0.05, 0.1) is 5.69 Å². The molecular weight excluding hydrogens is 268 g/mol. The fraction of sp³-hybridized carbons (Fsp3) is 0.471. The molecule has 20 heavy (non-hydrogen) atoms. The van der Waals surface area contributed by atoms with Crippen molar-refractivity contribution in [3.8, 4) is 0 Å². The summed E-state index contributed by atoms with van der Waals surface area (Å²) >= 11 is 6.21. The molecule has 2 nitrogen and oxygen atoms in total. The Labute approximate surface area is 126 Å². The van der Waals surface area contributed by atoms with Crippen molar-refractivity contribution >= 4 is 11.6 Å². The van der Waals surface area contributed by atoms with Crippen molar-refractivity contribution in [3.63, 3.8) is 0 Å². The number of aryl methyl sites for hydroxylation is 3. The molecule has 2 aromatic rings. The Morgan fingerprint density at radius 3 is 2.65 bits per heavy atom. The monoisotopic (exact) mass is 290 g/mol. The lowest BCUT2D eigenvalue weighted by atomic mass is 9.94. The summed E-state index contributed by atoms with van der Waals surface area (Å²) in [4.78, 5) is 0. The number of nitrogens with zero attached hydrogens (tertiary/aromatic N) is 2. The highest BCUT2D eigenvalue weighted by Crippen LogP contribution is 2.24. The zero-order valence-electron chi connectivity index (χ0n) is 12.6. The molecule has 0 fully saturated rings. The van der Waals surface area contributed by atoms with Crippen molar-refractivity contribution < 1.29 is 0 Å². The van der Waals surface area contributed by atoms with Gasteiger partial charge in [0.2, 0.25) is 0 Å². The van der Waals surface area contributed by atoms with E-state index in [0.717, 1.165) is 19.4 Å². The number of benzene rings is 1. The number of hydrogen-bond acceptors (Lipinski definition) is 1. The molecule has 0 radical (unpaired) electrons. The third-order valence-corrected chi connectivity index (χ3v) is 4.10. The van der Waals surface area contributed by atoms with Crippen LogP contribution in [0.25, 0.3) is 0 Å². The molecular formula is C17H23ClN2. The second kappa shape index (κ2) is 6.94. The van der Waals surface area contributed by atoms with Crippen LogP contribution in [0.2, 0.25) is 0 Å². The van der Waals surface area contributed by atoms with Crippen LogP contribution in [0, 0.1) is 6.92 Å². The first-order valence-electron chi connectivity index (χ1n) is 7.36. The summed E-state index contributed by atoms with van der Waals surface area (Å²) in [5, 5.41) is 4.62. The van der Waals surface area contributed by atoms with E-state index in [1.54, 1.807) is 0 Å². The molecule has 1 heterocycles. The molecule has 0 saturated carbocycles. The summed E-state index contributed by atoms with van der Waals surface area (Å²) in [5.41, 5.74) is 5.06. The predicted molar refractivity (Wildman–Crippen MR) is 85.6 cm³/mol. The summed E-state index contributed by atoms with van der Waals surface area (Å²) in [6, 6.07) is 10.9. The molecule has 2 rings (SSSR count). The first kappa shape index (κ1) is 15.1. The quantitative estimate of drug-likeness (QED) is 0.724. The largest absolute Gasteiger partial charge is 0.270 e. The zero-order valence-corrected chi connectivity index (χ0v) is 13.3. The maximum absolute atomic E-state index is 6.21. The third kappa shape index (κ3) is 3.43.